The quantitative estimate of drug-likeness (QED) is 0.942. The molecule has 1 N–H and O–H groups in total. The highest BCUT2D eigenvalue weighted by molar-refractivity contribution is 7.94. The van der Waals surface area contributed by atoms with Gasteiger partial charge in [0, 0.05) is 6.20 Å². The molecule has 0 radical (unpaired) electrons. The van der Waals surface area contributed by atoms with E-state index in [1.165, 1.54) is 6.07 Å². The Morgan fingerprint density at radius 2 is 2.16 bits per heavy atom. The number of nitrogens with zero attached hydrogens (tertiary/aromatic N) is 2. The van der Waals surface area contributed by atoms with Gasteiger partial charge in [-0.05, 0) is 11.4 Å². The van der Waals surface area contributed by atoms with Gasteiger partial charge >= 0.3 is 6.18 Å². The lowest BCUT2D eigenvalue weighted by molar-refractivity contribution is -0.142. The molecule has 0 atom stereocenters. The van der Waals surface area contributed by atoms with Crippen LogP contribution in [0.1, 0.15) is 0 Å². The third-order valence-electron chi connectivity index (χ3n) is 1.99. The molecule has 0 amide bonds. The van der Waals surface area contributed by atoms with Gasteiger partial charge in [0.2, 0.25) is 0 Å². The molecule has 0 aliphatic rings. The first-order chi connectivity index (χ1) is 8.76. The van der Waals surface area contributed by atoms with Crippen molar-refractivity contribution in [3.05, 3.63) is 29.9 Å². The smallest absolute Gasteiger partial charge is 0.276 e. The van der Waals surface area contributed by atoms with E-state index in [0.717, 1.165) is 23.7 Å². The summed E-state index contributed by atoms with van der Waals surface area (Å²) in [5.74, 6) is 0. The van der Waals surface area contributed by atoms with Crippen molar-refractivity contribution < 1.29 is 21.6 Å². The van der Waals surface area contributed by atoms with E-state index in [4.69, 9.17) is 0 Å². The van der Waals surface area contributed by atoms with E-state index in [-0.39, 0.29) is 9.90 Å². The van der Waals surface area contributed by atoms with E-state index in [2.05, 4.69) is 9.82 Å². The molecule has 0 unspecified atom stereocenters. The molecular formula is C9H8F3N3O2S2. The van der Waals surface area contributed by atoms with Crippen LogP contribution in [0.5, 0.6) is 0 Å². The van der Waals surface area contributed by atoms with E-state index in [1.807, 2.05) is 0 Å². The zero-order valence-corrected chi connectivity index (χ0v) is 10.9. The second kappa shape index (κ2) is 4.85. The molecule has 5 nitrogen and oxygen atoms in total. The van der Waals surface area contributed by atoms with Gasteiger partial charge in [0.05, 0.1) is 11.9 Å². The van der Waals surface area contributed by atoms with Crippen LogP contribution in [0.3, 0.4) is 0 Å². The lowest BCUT2D eigenvalue weighted by Gasteiger charge is -2.05. The highest BCUT2D eigenvalue weighted by atomic mass is 32.2. The Morgan fingerprint density at radius 1 is 1.42 bits per heavy atom. The fourth-order valence-electron chi connectivity index (χ4n) is 1.31. The molecule has 2 rings (SSSR count). The van der Waals surface area contributed by atoms with Crippen molar-refractivity contribution in [2.24, 2.45) is 0 Å². The molecule has 0 saturated carbocycles. The first kappa shape index (κ1) is 13.9. The van der Waals surface area contributed by atoms with E-state index in [0.29, 0.717) is 4.68 Å². The minimum absolute atomic E-state index is 0.0161. The standard InChI is InChI=1S/C9H8F3N3O2S2/c10-9(11,12)6-15-5-7(4-13-15)14-19(16,17)8-2-1-3-18-8/h1-5,14H,6H2. The monoisotopic (exact) mass is 311 g/mol. The number of anilines is 1. The molecule has 0 aliphatic heterocycles. The maximum atomic E-state index is 12.1. The average Bonchev–Trinajstić information content (AvgIpc) is 2.86. The number of hydrogen-bond acceptors (Lipinski definition) is 4. The van der Waals surface area contributed by atoms with Gasteiger partial charge in [-0.15, -0.1) is 11.3 Å². The first-order valence-corrected chi connectivity index (χ1v) is 7.28. The maximum absolute atomic E-state index is 12.1. The van der Waals surface area contributed by atoms with Gasteiger partial charge in [0.1, 0.15) is 10.8 Å². The van der Waals surface area contributed by atoms with Crippen LogP contribution in [0, 0.1) is 0 Å². The summed E-state index contributed by atoms with van der Waals surface area (Å²) >= 11 is 1.01. The van der Waals surface area contributed by atoms with E-state index < -0.39 is 22.7 Å². The summed E-state index contributed by atoms with van der Waals surface area (Å²) in [6, 6.07) is 2.96. The molecule has 0 spiro atoms. The molecule has 2 aromatic heterocycles. The van der Waals surface area contributed by atoms with Crippen LogP contribution in [-0.2, 0) is 16.6 Å². The molecule has 2 heterocycles. The van der Waals surface area contributed by atoms with E-state index in [1.54, 1.807) is 11.4 Å². The highest BCUT2D eigenvalue weighted by Gasteiger charge is 2.28. The first-order valence-electron chi connectivity index (χ1n) is 4.92. The fourth-order valence-corrected chi connectivity index (χ4v) is 3.33. The lowest BCUT2D eigenvalue weighted by atomic mass is 10.6. The van der Waals surface area contributed by atoms with Crippen LogP contribution in [0.2, 0.25) is 0 Å². The normalized spacial score (nSPS) is 12.6. The summed E-state index contributed by atoms with van der Waals surface area (Å²) in [5, 5.41) is 5.03. The Bertz CT molecular complexity index is 647. The Hall–Kier alpha value is -1.55. The molecule has 0 saturated heterocycles. The number of rotatable bonds is 4. The van der Waals surface area contributed by atoms with Crippen molar-refractivity contribution in [3.8, 4) is 0 Å². The van der Waals surface area contributed by atoms with Crippen molar-refractivity contribution in [1.82, 2.24) is 9.78 Å². The van der Waals surface area contributed by atoms with Crippen LogP contribution in [-0.4, -0.2) is 24.4 Å². The third-order valence-corrected chi connectivity index (χ3v) is 4.77. The van der Waals surface area contributed by atoms with Crippen LogP contribution in [0.15, 0.2) is 34.1 Å². The molecular weight excluding hydrogens is 303 g/mol. The largest absolute Gasteiger partial charge is 0.408 e. The predicted octanol–water partition coefficient (Wildman–Crippen LogP) is 2.31. The Kier molecular flexibility index (Phi) is 3.54. The summed E-state index contributed by atoms with van der Waals surface area (Å²) in [7, 11) is -3.77. The minimum atomic E-state index is -4.41. The Labute approximate surface area is 110 Å². The molecule has 2 aromatic rings. The van der Waals surface area contributed by atoms with E-state index in [9.17, 15) is 21.6 Å². The lowest BCUT2D eigenvalue weighted by Crippen LogP contribution is -2.17. The van der Waals surface area contributed by atoms with Gasteiger partial charge in [0.15, 0.2) is 0 Å². The number of alkyl halides is 3. The van der Waals surface area contributed by atoms with E-state index >= 15 is 0 Å². The highest BCUT2D eigenvalue weighted by Crippen LogP contribution is 2.21. The number of halogens is 3. The van der Waals surface area contributed by atoms with Crippen LogP contribution >= 0.6 is 11.3 Å². The van der Waals surface area contributed by atoms with Gasteiger partial charge in [-0.3, -0.25) is 9.40 Å². The Morgan fingerprint density at radius 3 is 2.74 bits per heavy atom. The summed E-state index contributed by atoms with van der Waals surface area (Å²) in [6.45, 7) is -1.27. The summed E-state index contributed by atoms with van der Waals surface area (Å²) in [4.78, 5) is 0. The van der Waals surface area contributed by atoms with Crippen LogP contribution < -0.4 is 4.72 Å². The maximum Gasteiger partial charge on any atom is 0.408 e. The van der Waals surface area contributed by atoms with Crippen molar-refractivity contribution in [2.75, 3.05) is 4.72 Å². The average molecular weight is 311 g/mol. The number of nitrogens with one attached hydrogen (secondary N) is 1. The summed E-state index contributed by atoms with van der Waals surface area (Å²) in [5.41, 5.74) is -0.0161. The number of aromatic nitrogens is 2. The topological polar surface area (TPSA) is 64.0 Å². The van der Waals surface area contributed by atoms with Gasteiger partial charge in [-0.2, -0.15) is 18.3 Å². The van der Waals surface area contributed by atoms with Crippen molar-refractivity contribution >= 4 is 27.0 Å². The third kappa shape index (κ3) is 3.70. The Balaban J connectivity index is 2.13. The van der Waals surface area contributed by atoms with Gasteiger partial charge < -0.3 is 0 Å². The predicted molar refractivity (Wildman–Crippen MR) is 63.4 cm³/mol. The zero-order valence-electron chi connectivity index (χ0n) is 9.26. The van der Waals surface area contributed by atoms with Crippen LogP contribution in [0.4, 0.5) is 18.9 Å². The summed E-state index contributed by atoms with van der Waals surface area (Å²) < 4.78 is 62.8. The van der Waals surface area contributed by atoms with Crippen molar-refractivity contribution in [3.63, 3.8) is 0 Å². The number of sulfonamides is 1. The molecule has 0 bridgehead atoms. The van der Waals surface area contributed by atoms with Gasteiger partial charge in [-0.25, -0.2) is 8.42 Å². The second-order valence-electron chi connectivity index (χ2n) is 3.58. The van der Waals surface area contributed by atoms with Gasteiger partial charge in [0.25, 0.3) is 10.0 Å². The minimum Gasteiger partial charge on any atom is -0.276 e. The second-order valence-corrected chi connectivity index (χ2v) is 6.44. The number of thiophene rings is 1. The molecule has 0 aliphatic carbocycles. The van der Waals surface area contributed by atoms with Crippen LogP contribution in [0.25, 0.3) is 0 Å². The molecule has 0 fully saturated rings. The summed E-state index contributed by atoms with van der Waals surface area (Å²) in [6.07, 6.45) is -2.40. The van der Waals surface area contributed by atoms with Crippen molar-refractivity contribution in [2.45, 2.75) is 16.9 Å². The zero-order chi connectivity index (χ0) is 14.1. The molecule has 104 valence electrons. The molecule has 10 heteroatoms. The number of hydrogen-bond donors (Lipinski definition) is 1. The molecule has 19 heavy (non-hydrogen) atoms. The van der Waals surface area contributed by atoms with Crippen molar-refractivity contribution in [1.29, 1.82) is 0 Å². The SMILES string of the molecule is O=S(=O)(Nc1cnn(CC(F)(F)F)c1)c1cccs1. The van der Waals surface area contributed by atoms with Gasteiger partial charge in [-0.1, -0.05) is 6.07 Å². The fraction of sp³-hybridized carbons (Fsp3) is 0.222. The molecule has 0 aromatic carbocycles.